The predicted octanol–water partition coefficient (Wildman–Crippen LogP) is 4.11. The Labute approximate surface area is 192 Å². The van der Waals surface area contributed by atoms with E-state index in [9.17, 15) is 9.18 Å². The van der Waals surface area contributed by atoms with Crippen LogP contribution in [-0.2, 0) is 12.8 Å². The van der Waals surface area contributed by atoms with Crippen molar-refractivity contribution in [3.05, 3.63) is 59.0 Å². The Kier molecular flexibility index (Phi) is 5.98. The molecule has 0 saturated heterocycles. The molecule has 0 bridgehead atoms. The number of nitrogens with two attached hydrogens (primary N) is 1. The topological polar surface area (TPSA) is 89.4 Å². The quantitative estimate of drug-likeness (QED) is 0.457. The van der Waals surface area contributed by atoms with Crippen molar-refractivity contribution in [2.75, 3.05) is 13.7 Å². The molecule has 7 heteroatoms. The van der Waals surface area contributed by atoms with Gasteiger partial charge in [0.25, 0.3) is 0 Å². The fourth-order valence-corrected chi connectivity index (χ4v) is 4.96. The van der Waals surface area contributed by atoms with Gasteiger partial charge in [-0.3, -0.25) is 4.79 Å². The summed E-state index contributed by atoms with van der Waals surface area (Å²) in [5.74, 6) is 0.779. The first-order chi connectivity index (χ1) is 16.0. The Morgan fingerprint density at radius 2 is 2.18 bits per heavy atom. The van der Waals surface area contributed by atoms with E-state index in [-0.39, 0.29) is 11.8 Å². The van der Waals surface area contributed by atoms with Crippen molar-refractivity contribution in [3.63, 3.8) is 0 Å². The third-order valence-corrected chi connectivity index (χ3v) is 6.88. The SMILES string of the molecule is COc1ccc2[nH]cc(CCC(CC3CC3)NC3COc4c(F)ccc(C(N)=O)c4C3)c2c1. The van der Waals surface area contributed by atoms with Gasteiger partial charge in [-0.15, -0.1) is 0 Å². The van der Waals surface area contributed by atoms with Crippen LogP contribution in [-0.4, -0.2) is 36.7 Å². The largest absolute Gasteiger partial charge is 0.497 e. The Morgan fingerprint density at radius 1 is 1.33 bits per heavy atom. The van der Waals surface area contributed by atoms with Crippen molar-refractivity contribution >= 4 is 16.8 Å². The molecule has 1 saturated carbocycles. The van der Waals surface area contributed by atoms with Crippen LogP contribution in [0.3, 0.4) is 0 Å². The molecule has 1 aromatic heterocycles. The molecule has 1 aliphatic heterocycles. The maximum atomic E-state index is 14.2. The van der Waals surface area contributed by atoms with Crippen LogP contribution in [0.4, 0.5) is 4.39 Å². The fourth-order valence-electron chi connectivity index (χ4n) is 4.96. The van der Waals surface area contributed by atoms with Crippen LogP contribution in [0.2, 0.25) is 0 Å². The number of hydrogen-bond acceptors (Lipinski definition) is 4. The second kappa shape index (κ2) is 9.06. The van der Waals surface area contributed by atoms with E-state index in [1.165, 1.54) is 35.9 Å². The number of fused-ring (bicyclic) bond motifs is 2. The number of aromatic nitrogens is 1. The summed E-state index contributed by atoms with van der Waals surface area (Å²) in [6, 6.07) is 9.11. The number of carbonyl (C=O) groups excluding carboxylic acids is 1. The number of H-pyrrole nitrogens is 1. The van der Waals surface area contributed by atoms with Gasteiger partial charge in [-0.05, 0) is 67.5 Å². The molecule has 2 unspecified atom stereocenters. The molecule has 2 heterocycles. The number of benzene rings is 2. The van der Waals surface area contributed by atoms with Crippen LogP contribution in [0.5, 0.6) is 11.5 Å². The van der Waals surface area contributed by atoms with E-state index in [0.29, 0.717) is 30.2 Å². The van der Waals surface area contributed by atoms with Gasteiger partial charge in [0.15, 0.2) is 11.6 Å². The summed E-state index contributed by atoms with van der Waals surface area (Å²) in [7, 11) is 1.68. The van der Waals surface area contributed by atoms with E-state index in [1.54, 1.807) is 7.11 Å². The standard InChI is InChI=1S/C26H30FN3O3/c1-32-19-6-9-24-21(12-19)16(13-29-24)4-5-17(10-15-2-3-15)30-18-11-22-20(26(28)31)7-8-23(27)25(22)33-14-18/h6-9,12-13,15,17-18,29-30H,2-5,10-11,14H2,1H3,(H2,28,31). The van der Waals surface area contributed by atoms with Crippen LogP contribution < -0.4 is 20.5 Å². The van der Waals surface area contributed by atoms with Gasteiger partial charge in [-0.2, -0.15) is 0 Å². The molecule has 0 spiro atoms. The molecule has 174 valence electrons. The number of aryl methyl sites for hydroxylation is 1. The summed E-state index contributed by atoms with van der Waals surface area (Å²) >= 11 is 0. The zero-order valence-electron chi connectivity index (χ0n) is 18.8. The van der Waals surface area contributed by atoms with E-state index in [0.717, 1.165) is 36.4 Å². The number of aromatic amines is 1. The van der Waals surface area contributed by atoms with Gasteiger partial charge >= 0.3 is 0 Å². The smallest absolute Gasteiger partial charge is 0.249 e. The second-order valence-corrected chi connectivity index (χ2v) is 9.29. The number of primary amides is 1. The van der Waals surface area contributed by atoms with E-state index in [4.69, 9.17) is 15.2 Å². The maximum Gasteiger partial charge on any atom is 0.249 e. The summed E-state index contributed by atoms with van der Waals surface area (Å²) in [6.45, 7) is 0.373. The van der Waals surface area contributed by atoms with Gasteiger partial charge in [0.1, 0.15) is 12.4 Å². The van der Waals surface area contributed by atoms with Gasteiger partial charge in [-0.25, -0.2) is 4.39 Å². The Morgan fingerprint density at radius 3 is 2.94 bits per heavy atom. The molecule has 1 amide bonds. The first kappa shape index (κ1) is 21.8. The molecule has 3 aromatic rings. The molecule has 0 radical (unpaired) electrons. The highest BCUT2D eigenvalue weighted by atomic mass is 19.1. The molecule has 1 fully saturated rings. The molecular formula is C26H30FN3O3. The van der Waals surface area contributed by atoms with Crippen molar-refractivity contribution in [1.82, 2.24) is 10.3 Å². The number of methoxy groups -OCH3 is 1. The first-order valence-electron chi connectivity index (χ1n) is 11.7. The summed E-state index contributed by atoms with van der Waals surface area (Å²) < 4.78 is 25.4. The van der Waals surface area contributed by atoms with Gasteiger partial charge in [-0.1, -0.05) is 12.8 Å². The molecule has 2 aliphatic rings. The third-order valence-electron chi connectivity index (χ3n) is 6.88. The Balaban J connectivity index is 1.30. The maximum absolute atomic E-state index is 14.2. The number of ether oxygens (including phenoxy) is 2. The normalized spacial score (nSPS) is 18.5. The van der Waals surface area contributed by atoms with Crippen LogP contribution in [0.25, 0.3) is 10.9 Å². The zero-order chi connectivity index (χ0) is 22.9. The average Bonchev–Trinajstić information content (AvgIpc) is 3.54. The van der Waals surface area contributed by atoms with Crippen molar-refractivity contribution in [1.29, 1.82) is 0 Å². The van der Waals surface area contributed by atoms with Crippen LogP contribution in [0.1, 0.15) is 47.2 Å². The lowest BCUT2D eigenvalue weighted by molar-refractivity contribution is 0.0997. The molecule has 1 aliphatic carbocycles. The first-order valence-corrected chi connectivity index (χ1v) is 11.7. The van der Waals surface area contributed by atoms with Gasteiger partial charge in [0, 0.05) is 40.3 Å². The van der Waals surface area contributed by atoms with Crippen LogP contribution in [0.15, 0.2) is 36.5 Å². The lowest BCUT2D eigenvalue weighted by atomic mass is 9.94. The minimum absolute atomic E-state index is 0.00390. The van der Waals surface area contributed by atoms with E-state index in [1.807, 2.05) is 12.1 Å². The molecular weight excluding hydrogens is 421 g/mol. The number of hydrogen-bond donors (Lipinski definition) is 3. The number of nitrogens with one attached hydrogen (secondary N) is 2. The lowest BCUT2D eigenvalue weighted by Crippen LogP contribution is -2.46. The molecule has 33 heavy (non-hydrogen) atoms. The summed E-state index contributed by atoms with van der Waals surface area (Å²) in [5, 5.41) is 4.94. The second-order valence-electron chi connectivity index (χ2n) is 9.29. The van der Waals surface area contributed by atoms with Crippen LogP contribution >= 0.6 is 0 Å². The minimum atomic E-state index is -0.556. The highest BCUT2D eigenvalue weighted by Crippen LogP contribution is 2.36. The number of amides is 1. The molecule has 4 N–H and O–H groups in total. The van der Waals surface area contributed by atoms with Crippen molar-refractivity contribution in [2.45, 2.75) is 50.6 Å². The van der Waals surface area contributed by atoms with Crippen LogP contribution in [0, 0.1) is 11.7 Å². The monoisotopic (exact) mass is 451 g/mol. The van der Waals surface area contributed by atoms with E-state index < -0.39 is 11.7 Å². The Hall–Kier alpha value is -3.06. The molecule has 2 atom stereocenters. The molecule has 2 aromatic carbocycles. The zero-order valence-corrected chi connectivity index (χ0v) is 18.8. The van der Waals surface area contributed by atoms with Gasteiger partial charge in [0.05, 0.1) is 7.11 Å². The van der Waals surface area contributed by atoms with Gasteiger partial charge < -0.3 is 25.5 Å². The number of rotatable bonds is 9. The Bertz CT molecular complexity index is 1170. The summed E-state index contributed by atoms with van der Waals surface area (Å²) in [4.78, 5) is 15.2. The number of halogens is 1. The predicted molar refractivity (Wildman–Crippen MR) is 125 cm³/mol. The average molecular weight is 452 g/mol. The summed E-state index contributed by atoms with van der Waals surface area (Å²) in [6.07, 6.45) is 8.20. The third kappa shape index (κ3) is 4.69. The van der Waals surface area contributed by atoms with E-state index >= 15 is 0 Å². The lowest BCUT2D eigenvalue weighted by Gasteiger charge is -2.31. The van der Waals surface area contributed by atoms with Crippen molar-refractivity contribution in [2.24, 2.45) is 11.7 Å². The molecule has 5 rings (SSSR count). The number of carbonyl (C=O) groups is 1. The van der Waals surface area contributed by atoms with Crippen molar-refractivity contribution in [3.8, 4) is 11.5 Å². The van der Waals surface area contributed by atoms with E-state index in [2.05, 4.69) is 22.6 Å². The molecule has 6 nitrogen and oxygen atoms in total. The van der Waals surface area contributed by atoms with Crippen molar-refractivity contribution < 1.29 is 18.7 Å². The minimum Gasteiger partial charge on any atom is -0.497 e. The van der Waals surface area contributed by atoms with Gasteiger partial charge in [0.2, 0.25) is 5.91 Å². The highest BCUT2D eigenvalue weighted by molar-refractivity contribution is 5.95. The fraction of sp³-hybridized carbons (Fsp3) is 0.423. The summed E-state index contributed by atoms with van der Waals surface area (Å²) in [5.41, 5.74) is 8.81. The highest BCUT2D eigenvalue weighted by Gasteiger charge is 2.31.